The third-order valence-electron chi connectivity index (χ3n) is 3.03. The number of carbonyl (C=O) groups is 2. The number of methoxy groups -OCH3 is 1. The number of para-hydroxylation sites is 1. The SMILES string of the molecule is COc1ccccc1C(=O)Nc1n[nH]c2cc(C(=O)O)oc12. The predicted octanol–water partition coefficient (Wildman–Crippen LogP) is 2.11. The van der Waals surface area contributed by atoms with Crippen LogP contribution < -0.4 is 10.1 Å². The highest BCUT2D eigenvalue weighted by Gasteiger charge is 2.19. The van der Waals surface area contributed by atoms with Crippen molar-refractivity contribution in [1.29, 1.82) is 0 Å². The first-order valence-corrected chi connectivity index (χ1v) is 6.25. The number of ether oxygens (including phenoxy) is 1. The fraction of sp³-hybridized carbons (Fsp3) is 0.0714. The molecule has 0 aliphatic heterocycles. The Morgan fingerprint density at radius 1 is 1.36 bits per heavy atom. The van der Waals surface area contributed by atoms with Gasteiger partial charge in [-0.2, -0.15) is 5.10 Å². The minimum absolute atomic E-state index is 0.110. The number of aromatic nitrogens is 2. The maximum atomic E-state index is 12.3. The highest BCUT2D eigenvalue weighted by molar-refractivity contribution is 6.08. The molecule has 0 spiro atoms. The van der Waals surface area contributed by atoms with Crippen molar-refractivity contribution in [3.05, 3.63) is 41.7 Å². The highest BCUT2D eigenvalue weighted by atomic mass is 16.5. The van der Waals surface area contributed by atoms with Gasteiger partial charge in [0.25, 0.3) is 5.91 Å². The summed E-state index contributed by atoms with van der Waals surface area (Å²) in [6, 6.07) is 8.00. The summed E-state index contributed by atoms with van der Waals surface area (Å²) >= 11 is 0. The molecule has 0 saturated heterocycles. The number of hydrogen-bond donors (Lipinski definition) is 3. The number of aromatic amines is 1. The van der Waals surface area contributed by atoms with Crippen LogP contribution in [0.25, 0.3) is 11.1 Å². The van der Waals surface area contributed by atoms with Gasteiger partial charge < -0.3 is 19.6 Å². The van der Waals surface area contributed by atoms with Crippen LogP contribution in [0, 0.1) is 0 Å². The number of rotatable bonds is 4. The average molecular weight is 301 g/mol. The van der Waals surface area contributed by atoms with E-state index in [9.17, 15) is 9.59 Å². The van der Waals surface area contributed by atoms with E-state index in [1.165, 1.54) is 13.2 Å². The molecule has 2 heterocycles. The van der Waals surface area contributed by atoms with Crippen LogP contribution in [0.3, 0.4) is 0 Å². The molecule has 0 bridgehead atoms. The first-order valence-electron chi connectivity index (χ1n) is 6.25. The van der Waals surface area contributed by atoms with Gasteiger partial charge in [-0.25, -0.2) is 4.79 Å². The molecule has 0 atom stereocenters. The molecule has 1 amide bonds. The standard InChI is InChI=1S/C14H11N3O5/c1-21-9-5-3-2-4-7(9)13(18)15-12-11-8(16-17-12)6-10(22-11)14(19)20/h2-6H,1H3,(H,19,20)(H2,15,16,17,18). The van der Waals surface area contributed by atoms with Crippen LogP contribution in [0.15, 0.2) is 34.7 Å². The summed E-state index contributed by atoms with van der Waals surface area (Å²) in [5.74, 6) is -1.36. The average Bonchev–Trinajstić information content (AvgIpc) is 3.09. The molecule has 0 radical (unpaired) electrons. The lowest BCUT2D eigenvalue weighted by atomic mass is 10.2. The summed E-state index contributed by atoms with van der Waals surface area (Å²) in [7, 11) is 1.46. The van der Waals surface area contributed by atoms with Gasteiger partial charge in [-0.3, -0.25) is 9.89 Å². The van der Waals surface area contributed by atoms with Crippen LogP contribution in [0.1, 0.15) is 20.9 Å². The largest absolute Gasteiger partial charge is 0.496 e. The maximum absolute atomic E-state index is 12.3. The molecule has 22 heavy (non-hydrogen) atoms. The zero-order valence-corrected chi connectivity index (χ0v) is 11.4. The summed E-state index contributed by atoms with van der Waals surface area (Å²) in [6.07, 6.45) is 0. The molecule has 112 valence electrons. The molecule has 0 saturated carbocycles. The van der Waals surface area contributed by atoms with E-state index in [1.54, 1.807) is 24.3 Å². The first kappa shape index (κ1) is 13.7. The maximum Gasteiger partial charge on any atom is 0.371 e. The number of hydrogen-bond acceptors (Lipinski definition) is 5. The van der Waals surface area contributed by atoms with E-state index in [0.29, 0.717) is 16.8 Å². The number of carbonyl (C=O) groups excluding carboxylic acids is 1. The molecule has 1 aromatic carbocycles. The smallest absolute Gasteiger partial charge is 0.371 e. The number of aromatic carboxylic acids is 1. The number of nitrogens with zero attached hydrogens (tertiary/aromatic N) is 1. The second kappa shape index (κ2) is 5.24. The molecule has 0 aliphatic rings. The van der Waals surface area contributed by atoms with Crippen LogP contribution >= 0.6 is 0 Å². The van der Waals surface area contributed by atoms with Crippen molar-refractivity contribution < 1.29 is 23.8 Å². The summed E-state index contributed by atoms with van der Waals surface area (Å²) in [5, 5.41) is 17.9. The van der Waals surface area contributed by atoms with Gasteiger partial charge >= 0.3 is 5.97 Å². The van der Waals surface area contributed by atoms with Crippen molar-refractivity contribution in [2.24, 2.45) is 0 Å². The van der Waals surface area contributed by atoms with Gasteiger partial charge in [-0.15, -0.1) is 0 Å². The first-order chi connectivity index (χ1) is 10.6. The molecule has 0 unspecified atom stereocenters. The van der Waals surface area contributed by atoms with E-state index in [4.69, 9.17) is 14.3 Å². The van der Waals surface area contributed by atoms with Crippen molar-refractivity contribution in [3.8, 4) is 5.75 Å². The molecule has 3 N–H and O–H groups in total. The van der Waals surface area contributed by atoms with E-state index >= 15 is 0 Å². The molecule has 8 heteroatoms. The third-order valence-corrected chi connectivity index (χ3v) is 3.03. The molecular formula is C14H11N3O5. The fourth-order valence-corrected chi connectivity index (χ4v) is 2.01. The van der Waals surface area contributed by atoms with Gasteiger partial charge in [0.05, 0.1) is 12.7 Å². The lowest BCUT2D eigenvalue weighted by Crippen LogP contribution is -2.13. The zero-order valence-electron chi connectivity index (χ0n) is 11.4. The summed E-state index contributed by atoms with van der Waals surface area (Å²) < 4.78 is 10.3. The number of amides is 1. The monoisotopic (exact) mass is 301 g/mol. The summed E-state index contributed by atoms with van der Waals surface area (Å²) in [4.78, 5) is 23.1. The van der Waals surface area contributed by atoms with Crippen molar-refractivity contribution in [1.82, 2.24) is 10.2 Å². The number of furan rings is 1. The Kier molecular flexibility index (Phi) is 3.26. The van der Waals surface area contributed by atoms with Crippen LogP contribution in [0.5, 0.6) is 5.75 Å². The number of nitrogens with one attached hydrogen (secondary N) is 2. The topological polar surface area (TPSA) is 117 Å². The Bertz CT molecular complexity index is 864. The number of carboxylic acids is 1. The zero-order chi connectivity index (χ0) is 15.7. The second-order valence-electron chi connectivity index (χ2n) is 4.39. The Labute approximate surface area is 123 Å². The molecule has 0 aliphatic carbocycles. The van der Waals surface area contributed by atoms with Crippen molar-refractivity contribution in [2.45, 2.75) is 0 Å². The normalized spacial score (nSPS) is 10.6. The van der Waals surface area contributed by atoms with Crippen molar-refractivity contribution in [2.75, 3.05) is 12.4 Å². The fourth-order valence-electron chi connectivity index (χ4n) is 2.01. The Morgan fingerprint density at radius 3 is 2.86 bits per heavy atom. The van der Waals surface area contributed by atoms with Gasteiger partial charge in [-0.05, 0) is 12.1 Å². The van der Waals surface area contributed by atoms with E-state index < -0.39 is 11.9 Å². The molecule has 2 aromatic heterocycles. The number of fused-ring (bicyclic) bond motifs is 1. The number of anilines is 1. The number of carboxylic acid groups (broad SMARTS) is 1. The van der Waals surface area contributed by atoms with E-state index in [0.717, 1.165) is 0 Å². The van der Waals surface area contributed by atoms with Crippen LogP contribution in [0.4, 0.5) is 5.82 Å². The van der Waals surface area contributed by atoms with Gasteiger partial charge in [-0.1, -0.05) is 12.1 Å². The predicted molar refractivity (Wildman–Crippen MR) is 76.3 cm³/mol. The van der Waals surface area contributed by atoms with E-state index in [1.807, 2.05) is 0 Å². The quantitative estimate of drug-likeness (QED) is 0.679. The molecular weight excluding hydrogens is 290 g/mol. The minimum atomic E-state index is -1.20. The summed E-state index contributed by atoms with van der Waals surface area (Å²) in [6.45, 7) is 0. The van der Waals surface area contributed by atoms with Crippen molar-refractivity contribution >= 4 is 28.8 Å². The number of benzene rings is 1. The van der Waals surface area contributed by atoms with Crippen LogP contribution in [-0.4, -0.2) is 34.3 Å². The second-order valence-corrected chi connectivity index (χ2v) is 4.39. The van der Waals surface area contributed by atoms with E-state index in [-0.39, 0.29) is 17.2 Å². The van der Waals surface area contributed by atoms with Gasteiger partial charge in [0.2, 0.25) is 5.76 Å². The van der Waals surface area contributed by atoms with Crippen LogP contribution in [0.2, 0.25) is 0 Å². The third kappa shape index (κ3) is 2.26. The Balaban J connectivity index is 1.92. The number of H-pyrrole nitrogens is 1. The highest BCUT2D eigenvalue weighted by Crippen LogP contribution is 2.26. The van der Waals surface area contributed by atoms with E-state index in [2.05, 4.69) is 15.5 Å². The van der Waals surface area contributed by atoms with Gasteiger partial charge in [0, 0.05) is 6.07 Å². The minimum Gasteiger partial charge on any atom is -0.496 e. The Morgan fingerprint density at radius 2 is 2.14 bits per heavy atom. The van der Waals surface area contributed by atoms with Gasteiger partial charge in [0.1, 0.15) is 11.3 Å². The molecule has 3 aromatic rings. The lowest BCUT2D eigenvalue weighted by molar-refractivity contribution is 0.0665. The molecule has 3 rings (SSSR count). The van der Waals surface area contributed by atoms with Crippen molar-refractivity contribution in [3.63, 3.8) is 0 Å². The van der Waals surface area contributed by atoms with Crippen LogP contribution in [-0.2, 0) is 0 Å². The summed E-state index contributed by atoms with van der Waals surface area (Å²) in [5.41, 5.74) is 0.875. The van der Waals surface area contributed by atoms with Gasteiger partial charge in [0.15, 0.2) is 11.4 Å². The molecule has 0 fully saturated rings. The Hall–Kier alpha value is -3.29. The lowest BCUT2D eigenvalue weighted by Gasteiger charge is -2.07. The molecule has 8 nitrogen and oxygen atoms in total.